The van der Waals surface area contributed by atoms with Crippen molar-refractivity contribution in [1.82, 2.24) is 15.0 Å². The van der Waals surface area contributed by atoms with Gasteiger partial charge in [0.1, 0.15) is 13.5 Å². The van der Waals surface area contributed by atoms with E-state index in [9.17, 15) is 4.79 Å². The predicted molar refractivity (Wildman–Crippen MR) is 107 cm³/mol. The summed E-state index contributed by atoms with van der Waals surface area (Å²) in [5.74, 6) is 0.570. The molecular formula is C17H19N5O2SSi. The van der Waals surface area contributed by atoms with E-state index in [2.05, 4.69) is 45.2 Å². The van der Waals surface area contributed by atoms with Gasteiger partial charge in [0.2, 0.25) is 5.89 Å². The van der Waals surface area contributed by atoms with Gasteiger partial charge in [0.15, 0.2) is 5.13 Å². The third-order valence-corrected chi connectivity index (χ3v) is 5.92. The van der Waals surface area contributed by atoms with Crippen molar-refractivity contribution < 1.29 is 9.21 Å². The van der Waals surface area contributed by atoms with Gasteiger partial charge in [-0.2, -0.15) is 0 Å². The van der Waals surface area contributed by atoms with E-state index in [0.717, 1.165) is 10.3 Å². The van der Waals surface area contributed by atoms with Crippen molar-refractivity contribution in [3.63, 3.8) is 0 Å². The summed E-state index contributed by atoms with van der Waals surface area (Å²) in [4.78, 5) is 25.2. The first kappa shape index (κ1) is 18.0. The van der Waals surface area contributed by atoms with E-state index in [1.165, 1.54) is 11.3 Å². The SMILES string of the molecule is C[Si](C)(C)c1cnc(C=Cc2cnc(NC(=O)Nc3ccncc3)s2)o1. The average molecular weight is 386 g/mol. The second kappa shape index (κ2) is 7.62. The Morgan fingerprint density at radius 2 is 1.88 bits per heavy atom. The van der Waals surface area contributed by atoms with Crippen LogP contribution in [0.5, 0.6) is 0 Å². The molecule has 9 heteroatoms. The summed E-state index contributed by atoms with van der Waals surface area (Å²) in [5.41, 5.74) is 0.663. The molecule has 3 aromatic rings. The molecule has 0 bridgehead atoms. The third kappa shape index (κ3) is 4.87. The molecule has 0 aliphatic rings. The summed E-state index contributed by atoms with van der Waals surface area (Å²) in [7, 11) is -1.50. The molecule has 0 fully saturated rings. The first-order chi connectivity index (χ1) is 12.4. The number of oxazole rings is 1. The lowest BCUT2D eigenvalue weighted by Crippen LogP contribution is -2.36. The van der Waals surface area contributed by atoms with E-state index in [0.29, 0.717) is 16.7 Å². The molecule has 134 valence electrons. The molecule has 7 nitrogen and oxygen atoms in total. The number of pyridine rings is 1. The zero-order valence-corrected chi connectivity index (χ0v) is 16.5. The molecule has 0 spiro atoms. The van der Waals surface area contributed by atoms with Crippen LogP contribution < -0.4 is 16.0 Å². The van der Waals surface area contributed by atoms with Gasteiger partial charge in [-0.05, 0) is 18.2 Å². The van der Waals surface area contributed by atoms with Crippen molar-refractivity contribution in [2.45, 2.75) is 19.6 Å². The van der Waals surface area contributed by atoms with Crippen molar-refractivity contribution in [3.05, 3.63) is 47.7 Å². The van der Waals surface area contributed by atoms with Crippen LogP contribution in [0.2, 0.25) is 19.6 Å². The Hall–Kier alpha value is -2.78. The number of nitrogens with one attached hydrogen (secondary N) is 2. The van der Waals surface area contributed by atoms with Crippen molar-refractivity contribution in [2.24, 2.45) is 0 Å². The number of urea groups is 1. The second-order valence-electron chi connectivity index (χ2n) is 6.53. The van der Waals surface area contributed by atoms with E-state index in [1.54, 1.807) is 43.0 Å². The number of nitrogens with zero attached hydrogens (tertiary/aromatic N) is 3. The number of rotatable bonds is 5. The second-order valence-corrected chi connectivity index (χ2v) is 12.6. The summed E-state index contributed by atoms with van der Waals surface area (Å²) in [5, 5.41) is 6.89. The highest BCUT2D eigenvalue weighted by molar-refractivity contribution is 7.16. The van der Waals surface area contributed by atoms with E-state index in [-0.39, 0.29) is 6.03 Å². The van der Waals surface area contributed by atoms with Gasteiger partial charge in [0, 0.05) is 35.2 Å². The molecule has 3 heterocycles. The molecule has 3 rings (SSSR count). The first-order valence-electron chi connectivity index (χ1n) is 7.98. The van der Waals surface area contributed by atoms with E-state index < -0.39 is 8.07 Å². The molecule has 2 amide bonds. The molecule has 0 atom stereocenters. The van der Waals surface area contributed by atoms with Gasteiger partial charge >= 0.3 is 6.03 Å². The molecule has 26 heavy (non-hydrogen) atoms. The lowest BCUT2D eigenvalue weighted by atomic mass is 10.4. The Morgan fingerprint density at radius 3 is 2.58 bits per heavy atom. The molecular weight excluding hydrogens is 366 g/mol. The highest BCUT2D eigenvalue weighted by Crippen LogP contribution is 2.20. The fourth-order valence-corrected chi connectivity index (χ4v) is 3.56. The smallest absolute Gasteiger partial charge is 0.325 e. The van der Waals surface area contributed by atoms with Crippen LogP contribution in [-0.4, -0.2) is 29.1 Å². The van der Waals surface area contributed by atoms with Gasteiger partial charge in [0.25, 0.3) is 0 Å². The van der Waals surface area contributed by atoms with Crippen LogP contribution in [0.4, 0.5) is 15.6 Å². The van der Waals surface area contributed by atoms with E-state index in [4.69, 9.17) is 4.42 Å². The topological polar surface area (TPSA) is 92.9 Å². The molecule has 0 saturated heterocycles. The Bertz CT molecular complexity index is 915. The van der Waals surface area contributed by atoms with E-state index in [1.807, 2.05) is 6.08 Å². The molecule has 0 unspecified atom stereocenters. The minimum atomic E-state index is -1.50. The molecule has 0 aliphatic heterocycles. The zero-order valence-electron chi connectivity index (χ0n) is 14.7. The van der Waals surface area contributed by atoms with Crippen LogP contribution in [0.15, 0.2) is 41.3 Å². The number of carbonyl (C=O) groups excluding carboxylic acids is 1. The fraction of sp³-hybridized carbons (Fsp3) is 0.176. The molecule has 0 aliphatic carbocycles. The van der Waals surface area contributed by atoms with Gasteiger partial charge in [-0.1, -0.05) is 31.0 Å². The van der Waals surface area contributed by atoms with Gasteiger partial charge < -0.3 is 9.73 Å². The Balaban J connectivity index is 1.59. The monoisotopic (exact) mass is 385 g/mol. The summed E-state index contributed by atoms with van der Waals surface area (Å²) >= 11 is 1.36. The summed E-state index contributed by atoms with van der Waals surface area (Å²) in [6, 6.07) is 3.06. The molecule has 2 N–H and O–H groups in total. The molecule has 3 aromatic heterocycles. The molecule has 0 aromatic carbocycles. The number of aromatic nitrogens is 3. The van der Waals surface area contributed by atoms with Crippen molar-refractivity contribution in [3.8, 4) is 0 Å². The highest BCUT2D eigenvalue weighted by atomic mass is 32.1. The van der Waals surface area contributed by atoms with Crippen LogP contribution in [-0.2, 0) is 0 Å². The van der Waals surface area contributed by atoms with Gasteiger partial charge in [-0.25, -0.2) is 14.8 Å². The highest BCUT2D eigenvalue weighted by Gasteiger charge is 2.21. The number of hydrogen-bond donors (Lipinski definition) is 2. The van der Waals surface area contributed by atoms with Gasteiger partial charge in [0.05, 0.1) is 6.20 Å². The van der Waals surface area contributed by atoms with Gasteiger partial charge in [-0.15, -0.1) is 0 Å². The number of thiazole rings is 1. The normalized spacial score (nSPS) is 11.7. The third-order valence-electron chi connectivity index (χ3n) is 3.34. The predicted octanol–water partition coefficient (Wildman–Crippen LogP) is 3.89. The minimum Gasteiger partial charge on any atom is -0.447 e. The van der Waals surface area contributed by atoms with E-state index >= 15 is 0 Å². The number of carbonyl (C=O) groups is 1. The van der Waals surface area contributed by atoms with Crippen molar-refractivity contribution in [2.75, 3.05) is 10.6 Å². The molecule has 0 saturated carbocycles. The zero-order chi connectivity index (χ0) is 18.6. The Labute approximate surface area is 156 Å². The summed E-state index contributed by atoms with van der Waals surface area (Å²) in [6.07, 6.45) is 10.4. The van der Waals surface area contributed by atoms with Crippen molar-refractivity contribution in [1.29, 1.82) is 0 Å². The van der Waals surface area contributed by atoms with Crippen LogP contribution in [0.25, 0.3) is 12.2 Å². The summed E-state index contributed by atoms with van der Waals surface area (Å²) < 4.78 is 5.77. The maximum Gasteiger partial charge on any atom is 0.325 e. The lowest BCUT2D eigenvalue weighted by Gasteiger charge is -2.09. The Morgan fingerprint density at radius 1 is 1.12 bits per heavy atom. The van der Waals surface area contributed by atoms with Crippen LogP contribution >= 0.6 is 11.3 Å². The van der Waals surface area contributed by atoms with Crippen LogP contribution in [0, 0.1) is 0 Å². The maximum absolute atomic E-state index is 12.0. The quantitative estimate of drug-likeness (QED) is 0.650. The maximum atomic E-state index is 12.0. The average Bonchev–Trinajstić information content (AvgIpc) is 3.22. The van der Waals surface area contributed by atoms with Crippen LogP contribution in [0.3, 0.4) is 0 Å². The fourth-order valence-electron chi connectivity index (χ4n) is 1.98. The summed E-state index contributed by atoms with van der Waals surface area (Å²) in [6.45, 7) is 6.62. The van der Waals surface area contributed by atoms with Crippen molar-refractivity contribution >= 4 is 53.8 Å². The minimum absolute atomic E-state index is 0.353. The number of anilines is 2. The number of amides is 2. The van der Waals surface area contributed by atoms with Gasteiger partial charge in [-0.3, -0.25) is 10.3 Å². The first-order valence-corrected chi connectivity index (χ1v) is 12.3. The van der Waals surface area contributed by atoms with Crippen LogP contribution in [0.1, 0.15) is 10.8 Å². The largest absolute Gasteiger partial charge is 0.447 e. The standard InChI is InChI=1S/C17H19N5O2SSi/c1-26(2,3)15-11-19-14(24-15)5-4-13-10-20-17(25-13)22-16(23)21-12-6-8-18-9-7-12/h4-11H,1-3H3,(H2,18,20,21,22,23). The number of hydrogen-bond acceptors (Lipinski definition) is 6. The Kier molecular flexibility index (Phi) is 5.28. The molecule has 0 radical (unpaired) electrons. The lowest BCUT2D eigenvalue weighted by molar-refractivity contribution is 0.262.